The first kappa shape index (κ1) is 13.1. The Morgan fingerprint density at radius 2 is 2.00 bits per heavy atom. The summed E-state index contributed by atoms with van der Waals surface area (Å²) in [6.45, 7) is 2.89. The van der Waals surface area contributed by atoms with Crippen LogP contribution in [0.15, 0.2) is 36.7 Å². The lowest BCUT2D eigenvalue weighted by molar-refractivity contribution is 0.122. The van der Waals surface area contributed by atoms with Gasteiger partial charge < -0.3 is 9.64 Å². The topological polar surface area (TPSA) is 55.5 Å². The summed E-state index contributed by atoms with van der Waals surface area (Å²) in [6, 6.07) is 6.34. The number of morpholine rings is 1. The highest BCUT2D eigenvalue weighted by molar-refractivity contribution is 5.68. The van der Waals surface area contributed by atoms with Crippen molar-refractivity contribution in [3.05, 3.63) is 42.5 Å². The smallest absolute Gasteiger partial charge is 0.204 e. The van der Waals surface area contributed by atoms with Gasteiger partial charge in [-0.15, -0.1) is 10.2 Å². The molecular formula is C15H14FN5O. The molecule has 1 fully saturated rings. The molecule has 1 aliphatic heterocycles. The van der Waals surface area contributed by atoms with E-state index in [1.165, 1.54) is 12.1 Å². The molecule has 0 unspecified atom stereocenters. The summed E-state index contributed by atoms with van der Waals surface area (Å²) in [6.07, 6.45) is 3.50. The fourth-order valence-corrected chi connectivity index (χ4v) is 2.64. The molecule has 22 heavy (non-hydrogen) atoms. The first-order valence-electron chi connectivity index (χ1n) is 7.11. The Bertz CT molecular complexity index is 813. The van der Waals surface area contributed by atoms with Crippen LogP contribution >= 0.6 is 0 Å². The summed E-state index contributed by atoms with van der Waals surface area (Å²) >= 11 is 0. The number of benzene rings is 1. The highest BCUT2D eigenvalue weighted by Gasteiger charge is 2.19. The summed E-state index contributed by atoms with van der Waals surface area (Å²) in [7, 11) is 0. The molecule has 0 saturated carbocycles. The zero-order chi connectivity index (χ0) is 14.9. The molecule has 0 bridgehead atoms. The van der Waals surface area contributed by atoms with Crippen LogP contribution in [0.1, 0.15) is 0 Å². The van der Waals surface area contributed by atoms with E-state index >= 15 is 0 Å². The van der Waals surface area contributed by atoms with Crippen molar-refractivity contribution in [2.45, 2.75) is 0 Å². The van der Waals surface area contributed by atoms with Crippen LogP contribution in [0, 0.1) is 5.82 Å². The Hall–Kier alpha value is -2.54. The molecule has 1 saturated heterocycles. The van der Waals surface area contributed by atoms with Gasteiger partial charge in [0, 0.05) is 31.0 Å². The third-order valence-corrected chi connectivity index (χ3v) is 3.70. The van der Waals surface area contributed by atoms with Gasteiger partial charge in [0.25, 0.3) is 0 Å². The Labute approximate surface area is 126 Å². The molecule has 112 valence electrons. The molecule has 4 rings (SSSR count). The van der Waals surface area contributed by atoms with Gasteiger partial charge in [0.2, 0.25) is 5.65 Å². The van der Waals surface area contributed by atoms with Gasteiger partial charge in [-0.2, -0.15) is 0 Å². The molecule has 0 spiro atoms. The molecule has 3 aromatic rings. The fourth-order valence-electron chi connectivity index (χ4n) is 2.64. The van der Waals surface area contributed by atoms with Gasteiger partial charge in [-0.1, -0.05) is 12.1 Å². The van der Waals surface area contributed by atoms with Crippen molar-refractivity contribution in [3.8, 4) is 11.4 Å². The highest BCUT2D eigenvalue weighted by atomic mass is 19.1. The number of ether oxygens (including phenoxy) is 1. The average molecular weight is 299 g/mol. The summed E-state index contributed by atoms with van der Waals surface area (Å²) in [5.41, 5.74) is 1.36. The molecule has 2 aromatic heterocycles. The van der Waals surface area contributed by atoms with E-state index < -0.39 is 0 Å². The van der Waals surface area contributed by atoms with Crippen LogP contribution in [0.25, 0.3) is 17.0 Å². The lowest BCUT2D eigenvalue weighted by Gasteiger charge is -2.27. The maximum Gasteiger partial charge on any atom is 0.204 e. The molecule has 7 heteroatoms. The van der Waals surface area contributed by atoms with Crippen molar-refractivity contribution in [2.75, 3.05) is 31.2 Å². The van der Waals surface area contributed by atoms with Crippen LogP contribution in [0.3, 0.4) is 0 Å². The SMILES string of the molecule is Fc1cccc(-c2nnc3c(N4CCOCC4)nccn23)c1. The van der Waals surface area contributed by atoms with E-state index in [-0.39, 0.29) is 5.82 Å². The number of nitrogens with zero attached hydrogens (tertiary/aromatic N) is 5. The second kappa shape index (κ2) is 5.34. The lowest BCUT2D eigenvalue weighted by Crippen LogP contribution is -2.37. The maximum absolute atomic E-state index is 13.4. The first-order valence-corrected chi connectivity index (χ1v) is 7.11. The van der Waals surface area contributed by atoms with E-state index in [9.17, 15) is 4.39 Å². The normalized spacial score (nSPS) is 15.4. The Kier molecular flexibility index (Phi) is 3.19. The minimum atomic E-state index is -0.295. The standard InChI is InChI=1S/C15H14FN5O/c16-12-3-1-2-11(10-12)13-18-19-15-14(17-4-5-21(13)15)20-6-8-22-9-7-20/h1-5,10H,6-9H2. The van der Waals surface area contributed by atoms with Gasteiger partial charge in [0.15, 0.2) is 11.6 Å². The highest BCUT2D eigenvalue weighted by Crippen LogP contribution is 2.24. The number of anilines is 1. The fraction of sp³-hybridized carbons (Fsp3) is 0.267. The zero-order valence-corrected chi connectivity index (χ0v) is 11.8. The molecule has 0 aliphatic carbocycles. The van der Waals surface area contributed by atoms with Crippen molar-refractivity contribution in [3.63, 3.8) is 0 Å². The Balaban J connectivity index is 1.83. The van der Waals surface area contributed by atoms with Gasteiger partial charge in [0.1, 0.15) is 5.82 Å². The lowest BCUT2D eigenvalue weighted by atomic mass is 10.2. The van der Waals surface area contributed by atoms with E-state index in [4.69, 9.17) is 4.74 Å². The summed E-state index contributed by atoms with van der Waals surface area (Å²) in [5, 5.41) is 8.46. The minimum Gasteiger partial charge on any atom is -0.378 e. The third kappa shape index (κ3) is 2.19. The van der Waals surface area contributed by atoms with Crippen molar-refractivity contribution in [2.24, 2.45) is 0 Å². The molecule has 0 atom stereocenters. The van der Waals surface area contributed by atoms with Gasteiger partial charge in [-0.05, 0) is 12.1 Å². The molecule has 6 nitrogen and oxygen atoms in total. The van der Waals surface area contributed by atoms with Crippen molar-refractivity contribution in [1.29, 1.82) is 0 Å². The number of halogens is 1. The van der Waals surface area contributed by atoms with Crippen LogP contribution in [-0.2, 0) is 4.74 Å². The van der Waals surface area contributed by atoms with Crippen molar-refractivity contribution in [1.82, 2.24) is 19.6 Å². The Morgan fingerprint density at radius 3 is 2.82 bits per heavy atom. The monoisotopic (exact) mass is 299 g/mol. The molecule has 0 amide bonds. The summed E-state index contributed by atoms with van der Waals surface area (Å²) < 4.78 is 20.6. The van der Waals surface area contributed by atoms with E-state index in [0.29, 0.717) is 30.2 Å². The first-order chi connectivity index (χ1) is 10.8. The van der Waals surface area contributed by atoms with E-state index in [1.807, 2.05) is 10.5 Å². The Morgan fingerprint density at radius 1 is 1.14 bits per heavy atom. The van der Waals surface area contributed by atoms with E-state index in [1.54, 1.807) is 18.5 Å². The summed E-state index contributed by atoms with van der Waals surface area (Å²) in [5.74, 6) is 1.09. The van der Waals surface area contributed by atoms with Gasteiger partial charge in [0.05, 0.1) is 13.2 Å². The third-order valence-electron chi connectivity index (χ3n) is 3.70. The van der Waals surface area contributed by atoms with Crippen molar-refractivity contribution < 1.29 is 9.13 Å². The molecule has 1 aromatic carbocycles. The average Bonchev–Trinajstić information content (AvgIpc) is 3.00. The largest absolute Gasteiger partial charge is 0.378 e. The second-order valence-electron chi connectivity index (χ2n) is 5.08. The number of rotatable bonds is 2. The van der Waals surface area contributed by atoms with Gasteiger partial charge in [-0.3, -0.25) is 4.40 Å². The van der Waals surface area contributed by atoms with Crippen molar-refractivity contribution >= 4 is 11.5 Å². The second-order valence-corrected chi connectivity index (χ2v) is 5.08. The molecule has 1 aliphatic rings. The predicted molar refractivity (Wildman–Crippen MR) is 79.2 cm³/mol. The minimum absolute atomic E-state index is 0.295. The molecule has 3 heterocycles. The number of hydrogen-bond acceptors (Lipinski definition) is 5. The van der Waals surface area contributed by atoms with Crippen LogP contribution in [0.4, 0.5) is 10.2 Å². The number of aromatic nitrogens is 4. The number of hydrogen-bond donors (Lipinski definition) is 0. The van der Waals surface area contributed by atoms with Crippen LogP contribution in [-0.4, -0.2) is 45.9 Å². The van der Waals surface area contributed by atoms with Crippen LogP contribution in [0.5, 0.6) is 0 Å². The van der Waals surface area contributed by atoms with E-state index in [0.717, 1.165) is 18.9 Å². The van der Waals surface area contributed by atoms with Gasteiger partial charge in [-0.25, -0.2) is 9.37 Å². The van der Waals surface area contributed by atoms with Crippen LogP contribution in [0.2, 0.25) is 0 Å². The quantitative estimate of drug-likeness (QED) is 0.722. The van der Waals surface area contributed by atoms with Crippen LogP contribution < -0.4 is 4.90 Å². The molecule has 0 N–H and O–H groups in total. The predicted octanol–water partition coefficient (Wildman–Crippen LogP) is 1.77. The van der Waals surface area contributed by atoms with Gasteiger partial charge >= 0.3 is 0 Å². The maximum atomic E-state index is 13.4. The zero-order valence-electron chi connectivity index (χ0n) is 11.8. The van der Waals surface area contributed by atoms with E-state index in [2.05, 4.69) is 20.1 Å². The molecular weight excluding hydrogens is 285 g/mol. The molecule has 0 radical (unpaired) electrons. The number of fused-ring (bicyclic) bond motifs is 1. The summed E-state index contributed by atoms with van der Waals surface area (Å²) in [4.78, 5) is 6.56.